The Morgan fingerprint density at radius 3 is 2.79 bits per heavy atom. The lowest BCUT2D eigenvalue weighted by Gasteiger charge is -2.55. The Labute approximate surface area is 117 Å². The summed E-state index contributed by atoms with van der Waals surface area (Å²) in [6, 6.07) is 0. The van der Waals surface area contributed by atoms with Crippen LogP contribution in [-0.2, 0) is 14.3 Å². The minimum absolute atomic E-state index is 0.215. The average molecular weight is 268 g/mol. The van der Waals surface area contributed by atoms with E-state index in [9.17, 15) is 4.79 Å². The molecule has 0 spiro atoms. The Kier molecular flexibility index (Phi) is 4.67. The molecule has 3 nitrogen and oxygen atoms in total. The van der Waals surface area contributed by atoms with Gasteiger partial charge in [0.25, 0.3) is 0 Å². The molecule has 0 aromatic carbocycles. The number of ether oxygens (including phenoxy) is 2. The van der Waals surface area contributed by atoms with Crippen molar-refractivity contribution in [1.82, 2.24) is 0 Å². The van der Waals surface area contributed by atoms with Gasteiger partial charge in [-0.05, 0) is 48.9 Å². The van der Waals surface area contributed by atoms with Gasteiger partial charge < -0.3 is 9.47 Å². The van der Waals surface area contributed by atoms with Crippen molar-refractivity contribution in [3.05, 3.63) is 0 Å². The third kappa shape index (κ3) is 3.19. The molecule has 2 fully saturated rings. The van der Waals surface area contributed by atoms with E-state index in [2.05, 4.69) is 13.8 Å². The zero-order valence-corrected chi connectivity index (χ0v) is 12.7. The van der Waals surface area contributed by atoms with Crippen molar-refractivity contribution in [3.63, 3.8) is 0 Å². The number of hydrogen-bond acceptors (Lipinski definition) is 3. The summed E-state index contributed by atoms with van der Waals surface area (Å²) in [4.78, 5) is 11.8. The Morgan fingerprint density at radius 2 is 2.05 bits per heavy atom. The molecule has 3 atom stereocenters. The minimum Gasteiger partial charge on any atom is -0.359 e. The number of rotatable bonds is 5. The van der Waals surface area contributed by atoms with Crippen molar-refractivity contribution < 1.29 is 14.3 Å². The predicted octanol–water partition coefficient (Wildman–Crippen LogP) is 3.56. The largest absolute Gasteiger partial charge is 0.359 e. The lowest BCUT2D eigenvalue weighted by Crippen LogP contribution is -2.47. The third-order valence-electron chi connectivity index (χ3n) is 5.72. The van der Waals surface area contributed by atoms with Crippen LogP contribution in [-0.4, -0.2) is 26.3 Å². The second kappa shape index (κ2) is 5.92. The van der Waals surface area contributed by atoms with E-state index in [1.807, 2.05) is 0 Å². The van der Waals surface area contributed by atoms with E-state index >= 15 is 0 Å². The van der Waals surface area contributed by atoms with E-state index in [-0.39, 0.29) is 5.41 Å². The monoisotopic (exact) mass is 268 g/mol. The van der Waals surface area contributed by atoms with Crippen LogP contribution in [0.5, 0.6) is 0 Å². The van der Waals surface area contributed by atoms with Crippen LogP contribution in [0.25, 0.3) is 0 Å². The molecule has 0 N–H and O–H groups in total. The Balaban J connectivity index is 1.90. The Bertz CT molecular complexity index is 328. The zero-order valence-electron chi connectivity index (χ0n) is 12.7. The highest BCUT2D eigenvalue weighted by atomic mass is 16.7. The van der Waals surface area contributed by atoms with Gasteiger partial charge >= 0.3 is 0 Å². The lowest BCUT2D eigenvalue weighted by molar-refractivity contribution is -0.134. The van der Waals surface area contributed by atoms with Gasteiger partial charge in [-0.25, -0.2) is 0 Å². The molecular formula is C16H28O3. The van der Waals surface area contributed by atoms with E-state index in [1.54, 1.807) is 7.11 Å². The molecular weight excluding hydrogens is 240 g/mol. The highest BCUT2D eigenvalue weighted by molar-refractivity contribution is 5.80. The fraction of sp³-hybridized carbons (Fsp3) is 0.938. The van der Waals surface area contributed by atoms with Crippen LogP contribution in [0.2, 0.25) is 0 Å². The summed E-state index contributed by atoms with van der Waals surface area (Å²) in [6.45, 7) is 5.91. The second-order valence-electron chi connectivity index (χ2n) is 7.05. The van der Waals surface area contributed by atoms with Gasteiger partial charge in [0.05, 0.1) is 0 Å². The molecule has 2 aliphatic carbocycles. The summed E-state index contributed by atoms with van der Waals surface area (Å²) in [7, 11) is 1.65. The molecule has 0 bridgehead atoms. The van der Waals surface area contributed by atoms with Crippen LogP contribution >= 0.6 is 0 Å². The van der Waals surface area contributed by atoms with Crippen LogP contribution < -0.4 is 0 Å². The molecule has 0 aromatic heterocycles. The Hall–Kier alpha value is -0.410. The first-order valence-corrected chi connectivity index (χ1v) is 7.57. The predicted molar refractivity (Wildman–Crippen MR) is 74.9 cm³/mol. The first-order valence-electron chi connectivity index (χ1n) is 7.57. The van der Waals surface area contributed by atoms with Crippen LogP contribution in [0.15, 0.2) is 0 Å². The molecule has 2 rings (SSSR count). The molecule has 110 valence electrons. The number of fused-ring (bicyclic) bond motifs is 1. The molecule has 2 saturated carbocycles. The highest BCUT2D eigenvalue weighted by Crippen LogP contribution is 2.59. The van der Waals surface area contributed by atoms with Crippen molar-refractivity contribution >= 4 is 5.78 Å². The fourth-order valence-electron chi connectivity index (χ4n) is 4.10. The molecule has 3 heteroatoms. The van der Waals surface area contributed by atoms with E-state index < -0.39 is 0 Å². The van der Waals surface area contributed by atoms with Gasteiger partial charge in [0, 0.05) is 26.6 Å². The van der Waals surface area contributed by atoms with Crippen LogP contribution in [0, 0.1) is 16.7 Å². The first kappa shape index (κ1) is 15.0. The van der Waals surface area contributed by atoms with E-state index in [0.717, 1.165) is 32.3 Å². The van der Waals surface area contributed by atoms with Crippen molar-refractivity contribution in [2.24, 2.45) is 16.7 Å². The van der Waals surface area contributed by atoms with E-state index in [0.29, 0.717) is 23.9 Å². The number of methoxy groups -OCH3 is 1. The number of ketones is 1. The fourth-order valence-corrected chi connectivity index (χ4v) is 4.10. The molecule has 1 unspecified atom stereocenters. The zero-order chi connectivity index (χ0) is 13.9. The van der Waals surface area contributed by atoms with E-state index in [1.165, 1.54) is 19.3 Å². The minimum atomic E-state index is 0.215. The smallest absolute Gasteiger partial charge is 0.146 e. The lowest BCUT2D eigenvalue weighted by atomic mass is 9.49. The molecule has 19 heavy (non-hydrogen) atoms. The molecule has 0 aliphatic heterocycles. The van der Waals surface area contributed by atoms with Crippen molar-refractivity contribution in [2.75, 3.05) is 20.5 Å². The van der Waals surface area contributed by atoms with Crippen molar-refractivity contribution in [3.8, 4) is 0 Å². The number of Topliss-reactive ketones (excluding diaryl/α,β-unsaturated/α-hetero) is 1. The summed E-state index contributed by atoms with van der Waals surface area (Å²) in [5.74, 6) is 1.18. The van der Waals surface area contributed by atoms with Gasteiger partial charge in [-0.15, -0.1) is 0 Å². The average Bonchev–Trinajstić information content (AvgIpc) is 2.36. The van der Waals surface area contributed by atoms with Crippen LogP contribution in [0.1, 0.15) is 58.8 Å². The number of carbonyl (C=O) groups is 1. The van der Waals surface area contributed by atoms with Gasteiger partial charge in [0.2, 0.25) is 0 Å². The second-order valence-corrected chi connectivity index (χ2v) is 7.05. The van der Waals surface area contributed by atoms with Gasteiger partial charge in [-0.2, -0.15) is 0 Å². The van der Waals surface area contributed by atoms with Crippen LogP contribution in [0.4, 0.5) is 0 Å². The molecule has 0 radical (unpaired) electrons. The van der Waals surface area contributed by atoms with Crippen LogP contribution in [0.3, 0.4) is 0 Å². The van der Waals surface area contributed by atoms with Gasteiger partial charge in [0.1, 0.15) is 12.6 Å². The maximum atomic E-state index is 11.8. The number of hydrogen-bond donors (Lipinski definition) is 0. The number of carbonyl (C=O) groups excluding carboxylic acids is 1. The first-order chi connectivity index (χ1) is 8.99. The quantitative estimate of drug-likeness (QED) is 0.565. The Morgan fingerprint density at radius 1 is 1.26 bits per heavy atom. The topological polar surface area (TPSA) is 35.5 Å². The molecule has 0 saturated heterocycles. The van der Waals surface area contributed by atoms with Gasteiger partial charge in [-0.1, -0.05) is 13.8 Å². The summed E-state index contributed by atoms with van der Waals surface area (Å²) >= 11 is 0. The molecule has 0 amide bonds. The summed E-state index contributed by atoms with van der Waals surface area (Å²) in [5, 5.41) is 0. The van der Waals surface area contributed by atoms with Gasteiger partial charge in [0.15, 0.2) is 0 Å². The van der Waals surface area contributed by atoms with E-state index in [4.69, 9.17) is 9.47 Å². The normalized spacial score (nSPS) is 39.1. The maximum Gasteiger partial charge on any atom is 0.146 e. The SMILES string of the molecule is COCOCCC1CC[C@]2(C)CCC(=O)C[C@]2(C)C1. The maximum absolute atomic E-state index is 11.8. The third-order valence-corrected chi connectivity index (χ3v) is 5.72. The molecule has 2 aliphatic rings. The summed E-state index contributed by atoms with van der Waals surface area (Å²) in [5.41, 5.74) is 0.595. The van der Waals surface area contributed by atoms with Crippen molar-refractivity contribution in [2.45, 2.75) is 58.8 Å². The summed E-state index contributed by atoms with van der Waals surface area (Å²) in [6.07, 6.45) is 7.53. The highest BCUT2D eigenvalue weighted by Gasteiger charge is 2.51. The summed E-state index contributed by atoms with van der Waals surface area (Å²) < 4.78 is 10.3. The molecule has 0 aromatic rings. The standard InChI is InChI=1S/C16H28O3/c1-15-7-4-13(6-9-19-12-18-3)10-16(15,2)11-14(17)5-8-15/h13H,4-12H2,1-3H3/t13?,15-,16+/m1/s1. The van der Waals surface area contributed by atoms with Gasteiger partial charge in [-0.3, -0.25) is 4.79 Å². The van der Waals surface area contributed by atoms with Crippen molar-refractivity contribution in [1.29, 1.82) is 0 Å². The molecule has 0 heterocycles.